The minimum absolute atomic E-state index is 0.0170. The van der Waals surface area contributed by atoms with Crippen LogP contribution < -0.4 is 10.7 Å². The number of amides is 2. The van der Waals surface area contributed by atoms with Gasteiger partial charge in [0.2, 0.25) is 5.91 Å². The van der Waals surface area contributed by atoms with Gasteiger partial charge in [-0.25, -0.2) is 5.43 Å². The van der Waals surface area contributed by atoms with Crippen molar-refractivity contribution in [1.82, 2.24) is 15.3 Å². The summed E-state index contributed by atoms with van der Waals surface area (Å²) < 4.78 is 2.11. The molecule has 5 aromatic rings. The summed E-state index contributed by atoms with van der Waals surface area (Å²) in [6, 6.07) is 34.3. The Morgan fingerprint density at radius 3 is 2.11 bits per heavy atom. The van der Waals surface area contributed by atoms with Crippen molar-refractivity contribution < 1.29 is 14.5 Å². The third-order valence-electron chi connectivity index (χ3n) is 7.17. The van der Waals surface area contributed by atoms with Crippen LogP contribution in [-0.4, -0.2) is 27.5 Å². The molecule has 0 saturated carbocycles. The second kappa shape index (κ2) is 14.3. The van der Waals surface area contributed by atoms with Crippen LogP contribution in [0.15, 0.2) is 130 Å². The van der Waals surface area contributed by atoms with Crippen molar-refractivity contribution in [2.75, 3.05) is 0 Å². The molecule has 5 rings (SSSR count). The summed E-state index contributed by atoms with van der Waals surface area (Å²) in [5, 5.41) is 18.1. The van der Waals surface area contributed by atoms with E-state index in [1.807, 2.05) is 80.6 Å². The largest absolute Gasteiger partial charge is 0.345 e. The Morgan fingerprint density at radius 2 is 1.49 bits per heavy atom. The number of nitro groups is 1. The SMILES string of the molecule is Cc1cc(/C=N\NC(=O)C[C@@H](NC(=O)c2ccccc2)c2ccccc2)c(C)n1-c1ccc(Sc2ccc([N+](=O)[O-])cc2)cc1. The fourth-order valence-electron chi connectivity index (χ4n) is 4.92. The van der Waals surface area contributed by atoms with Crippen LogP contribution in [0.4, 0.5) is 5.69 Å². The maximum absolute atomic E-state index is 12.9. The molecule has 2 amide bonds. The lowest BCUT2D eigenvalue weighted by atomic mass is 10.0. The number of carbonyl (C=O) groups is 2. The lowest BCUT2D eigenvalue weighted by Crippen LogP contribution is -2.32. The van der Waals surface area contributed by atoms with Gasteiger partial charge in [0, 0.05) is 50.1 Å². The van der Waals surface area contributed by atoms with E-state index < -0.39 is 11.0 Å². The van der Waals surface area contributed by atoms with E-state index in [0.717, 1.165) is 38.0 Å². The number of aromatic nitrogens is 1. The molecule has 1 aromatic heterocycles. The number of aryl methyl sites for hydroxylation is 1. The number of hydrogen-bond acceptors (Lipinski definition) is 6. The number of benzene rings is 4. The fourth-order valence-corrected chi connectivity index (χ4v) is 5.74. The average molecular weight is 618 g/mol. The van der Waals surface area contributed by atoms with Crippen LogP contribution in [0.2, 0.25) is 0 Å². The number of non-ortho nitro benzene ring substituents is 1. The molecule has 1 heterocycles. The second-order valence-electron chi connectivity index (χ2n) is 10.3. The molecule has 0 bridgehead atoms. The van der Waals surface area contributed by atoms with Gasteiger partial charge >= 0.3 is 0 Å². The molecule has 0 spiro atoms. The number of nitrogens with zero attached hydrogens (tertiary/aromatic N) is 3. The number of hydrazone groups is 1. The summed E-state index contributed by atoms with van der Waals surface area (Å²) in [5.41, 5.74) is 7.81. The molecule has 0 radical (unpaired) electrons. The molecule has 2 N–H and O–H groups in total. The molecular weight excluding hydrogens is 586 g/mol. The third kappa shape index (κ3) is 7.92. The van der Waals surface area contributed by atoms with E-state index in [-0.39, 0.29) is 23.9 Å². The van der Waals surface area contributed by atoms with Gasteiger partial charge in [-0.3, -0.25) is 19.7 Å². The van der Waals surface area contributed by atoms with Gasteiger partial charge in [-0.05, 0) is 74.0 Å². The van der Waals surface area contributed by atoms with Crippen molar-refractivity contribution in [2.24, 2.45) is 5.10 Å². The first-order valence-corrected chi connectivity index (χ1v) is 15.0. The highest BCUT2D eigenvalue weighted by Crippen LogP contribution is 2.30. The van der Waals surface area contributed by atoms with Crippen LogP contribution in [0, 0.1) is 24.0 Å². The van der Waals surface area contributed by atoms with Crippen LogP contribution in [0.25, 0.3) is 5.69 Å². The molecule has 0 aliphatic rings. The van der Waals surface area contributed by atoms with Gasteiger partial charge in [-0.15, -0.1) is 0 Å². The van der Waals surface area contributed by atoms with E-state index in [9.17, 15) is 19.7 Å². The predicted molar refractivity (Wildman–Crippen MR) is 176 cm³/mol. The molecule has 10 heteroatoms. The minimum Gasteiger partial charge on any atom is -0.345 e. The Kier molecular flexibility index (Phi) is 9.86. The first kappa shape index (κ1) is 31.0. The molecule has 0 saturated heterocycles. The molecule has 4 aromatic carbocycles. The maximum Gasteiger partial charge on any atom is 0.269 e. The van der Waals surface area contributed by atoms with Gasteiger partial charge in [0.15, 0.2) is 0 Å². The normalized spacial score (nSPS) is 11.7. The van der Waals surface area contributed by atoms with Gasteiger partial charge in [0.25, 0.3) is 11.6 Å². The lowest BCUT2D eigenvalue weighted by Gasteiger charge is -2.18. The van der Waals surface area contributed by atoms with E-state index >= 15 is 0 Å². The summed E-state index contributed by atoms with van der Waals surface area (Å²) in [7, 11) is 0. The monoisotopic (exact) mass is 617 g/mol. The zero-order chi connectivity index (χ0) is 31.8. The maximum atomic E-state index is 12.9. The Hall–Kier alpha value is -5.48. The fraction of sp³-hybridized carbons (Fsp3) is 0.114. The number of rotatable bonds is 11. The highest BCUT2D eigenvalue weighted by Gasteiger charge is 2.19. The molecule has 1 atom stereocenters. The summed E-state index contributed by atoms with van der Waals surface area (Å²) >= 11 is 1.53. The van der Waals surface area contributed by atoms with Gasteiger partial charge in [0.05, 0.1) is 23.6 Å². The Balaban J connectivity index is 1.23. The van der Waals surface area contributed by atoms with E-state index in [1.165, 1.54) is 23.9 Å². The predicted octanol–water partition coefficient (Wildman–Crippen LogP) is 7.17. The van der Waals surface area contributed by atoms with Crippen LogP contribution in [0.5, 0.6) is 0 Å². The lowest BCUT2D eigenvalue weighted by molar-refractivity contribution is -0.384. The average Bonchev–Trinajstić information content (AvgIpc) is 3.34. The topological polar surface area (TPSA) is 119 Å². The molecule has 9 nitrogen and oxygen atoms in total. The smallest absolute Gasteiger partial charge is 0.269 e. The standard InChI is InChI=1S/C35H31N5O4S/c1-24-21-28(25(2)39(24)29-13-17-31(18-14-29)45-32-19-15-30(16-20-32)40(43)44)23-36-38-34(41)22-33(26-9-5-3-6-10-26)37-35(42)27-11-7-4-8-12-27/h3-21,23,33H,22H2,1-2H3,(H,37,42)(H,38,41)/b36-23-/t33-/m1/s1. The highest BCUT2D eigenvalue weighted by molar-refractivity contribution is 7.99. The molecular formula is C35H31N5O4S. The van der Waals surface area contributed by atoms with Crippen molar-refractivity contribution >= 4 is 35.5 Å². The molecule has 0 fully saturated rings. The van der Waals surface area contributed by atoms with Crippen LogP contribution in [0.1, 0.15) is 45.3 Å². The quantitative estimate of drug-likeness (QED) is 0.0926. The Labute approximate surface area is 265 Å². The first-order valence-electron chi connectivity index (χ1n) is 14.2. The molecule has 45 heavy (non-hydrogen) atoms. The molecule has 0 aliphatic heterocycles. The molecule has 226 valence electrons. The summed E-state index contributed by atoms with van der Waals surface area (Å²) in [4.78, 5) is 38.2. The Bertz CT molecular complexity index is 1820. The van der Waals surface area contributed by atoms with Gasteiger partial charge in [-0.1, -0.05) is 60.3 Å². The zero-order valence-electron chi connectivity index (χ0n) is 24.7. The number of nitrogens with one attached hydrogen (secondary N) is 2. The van der Waals surface area contributed by atoms with E-state index in [0.29, 0.717) is 5.56 Å². The van der Waals surface area contributed by atoms with Gasteiger partial charge < -0.3 is 9.88 Å². The molecule has 0 unspecified atom stereocenters. The van der Waals surface area contributed by atoms with Crippen molar-refractivity contribution in [3.8, 4) is 5.69 Å². The number of hydrogen-bond donors (Lipinski definition) is 2. The summed E-state index contributed by atoms with van der Waals surface area (Å²) in [5.74, 6) is -0.588. The molecule has 0 aliphatic carbocycles. The van der Waals surface area contributed by atoms with Crippen LogP contribution >= 0.6 is 11.8 Å². The summed E-state index contributed by atoms with van der Waals surface area (Å²) in [6.07, 6.45) is 1.64. The number of nitro benzene ring substituents is 1. The summed E-state index contributed by atoms with van der Waals surface area (Å²) in [6.45, 7) is 3.99. The highest BCUT2D eigenvalue weighted by atomic mass is 32.2. The van der Waals surface area contributed by atoms with Crippen molar-refractivity contribution in [2.45, 2.75) is 36.1 Å². The van der Waals surface area contributed by atoms with E-state index in [2.05, 4.69) is 20.4 Å². The first-order chi connectivity index (χ1) is 21.8. The minimum atomic E-state index is -0.527. The second-order valence-corrected chi connectivity index (χ2v) is 11.5. The number of carbonyl (C=O) groups excluding carboxylic acids is 2. The van der Waals surface area contributed by atoms with E-state index in [1.54, 1.807) is 42.6 Å². The van der Waals surface area contributed by atoms with Gasteiger partial charge in [0.1, 0.15) is 0 Å². The van der Waals surface area contributed by atoms with Crippen molar-refractivity contribution in [1.29, 1.82) is 0 Å². The van der Waals surface area contributed by atoms with E-state index in [4.69, 9.17) is 0 Å². The van der Waals surface area contributed by atoms with Crippen LogP contribution in [-0.2, 0) is 4.79 Å². The van der Waals surface area contributed by atoms with Crippen LogP contribution in [0.3, 0.4) is 0 Å². The third-order valence-corrected chi connectivity index (χ3v) is 8.19. The van der Waals surface area contributed by atoms with Gasteiger partial charge in [-0.2, -0.15) is 5.10 Å². The van der Waals surface area contributed by atoms with Crippen molar-refractivity contribution in [3.05, 3.63) is 153 Å². The zero-order valence-corrected chi connectivity index (χ0v) is 25.5. The Morgan fingerprint density at radius 1 is 0.889 bits per heavy atom. The van der Waals surface area contributed by atoms with Crippen molar-refractivity contribution in [3.63, 3.8) is 0 Å².